The molecule has 3 heteroatoms. The predicted octanol–water partition coefficient (Wildman–Crippen LogP) is 1.39. The Bertz CT molecular complexity index is 260. The van der Waals surface area contributed by atoms with Crippen molar-refractivity contribution in [2.75, 3.05) is 18.5 Å². The summed E-state index contributed by atoms with van der Waals surface area (Å²) in [6.45, 7) is 3.71. The lowest BCUT2D eigenvalue weighted by Crippen LogP contribution is -2.20. The summed E-state index contributed by atoms with van der Waals surface area (Å²) >= 11 is 0. The third kappa shape index (κ3) is 2.42. The van der Waals surface area contributed by atoms with Crippen molar-refractivity contribution < 1.29 is 0 Å². The van der Waals surface area contributed by atoms with Gasteiger partial charge in [0.1, 0.15) is 0 Å². The van der Waals surface area contributed by atoms with Crippen molar-refractivity contribution in [3.8, 4) is 0 Å². The topological polar surface area (TPSA) is 42.2 Å². The van der Waals surface area contributed by atoms with E-state index in [1.165, 1.54) is 0 Å². The summed E-state index contributed by atoms with van der Waals surface area (Å²) in [5.74, 6) is 0. The van der Waals surface area contributed by atoms with Crippen LogP contribution in [0.25, 0.3) is 0 Å². The molecule has 2 N–H and O–H groups in total. The van der Waals surface area contributed by atoms with Crippen LogP contribution in [0.2, 0.25) is 0 Å². The van der Waals surface area contributed by atoms with Gasteiger partial charge in [-0.05, 0) is 18.6 Å². The minimum atomic E-state index is 0.504. The maximum Gasteiger partial charge on any atom is 0.0772 e. The summed E-state index contributed by atoms with van der Waals surface area (Å²) in [7, 11) is 2.07. The highest BCUT2D eigenvalue weighted by Crippen LogP contribution is 2.15. The molecular formula is C10H17N3. The molecule has 13 heavy (non-hydrogen) atoms. The highest BCUT2D eigenvalue weighted by Gasteiger charge is 2.04. The van der Waals surface area contributed by atoms with E-state index in [9.17, 15) is 0 Å². The van der Waals surface area contributed by atoms with Gasteiger partial charge in [-0.25, -0.2) is 0 Å². The lowest BCUT2D eigenvalue weighted by molar-refractivity contribution is 0.834. The van der Waals surface area contributed by atoms with E-state index in [0.29, 0.717) is 6.54 Å². The van der Waals surface area contributed by atoms with Gasteiger partial charge in [-0.3, -0.25) is 4.98 Å². The first-order valence-electron chi connectivity index (χ1n) is 4.64. The summed E-state index contributed by atoms with van der Waals surface area (Å²) < 4.78 is 0. The van der Waals surface area contributed by atoms with Crippen LogP contribution >= 0.6 is 0 Å². The van der Waals surface area contributed by atoms with E-state index >= 15 is 0 Å². The zero-order chi connectivity index (χ0) is 9.68. The highest BCUT2D eigenvalue weighted by atomic mass is 15.1. The number of nitrogens with two attached hydrogens (primary N) is 1. The van der Waals surface area contributed by atoms with E-state index < -0.39 is 0 Å². The first-order valence-corrected chi connectivity index (χ1v) is 4.64. The Morgan fingerprint density at radius 3 is 2.92 bits per heavy atom. The van der Waals surface area contributed by atoms with Crippen molar-refractivity contribution in [2.24, 2.45) is 5.73 Å². The zero-order valence-corrected chi connectivity index (χ0v) is 8.33. The maximum absolute atomic E-state index is 5.60. The Morgan fingerprint density at radius 2 is 2.31 bits per heavy atom. The second-order valence-electron chi connectivity index (χ2n) is 3.09. The van der Waals surface area contributed by atoms with Crippen LogP contribution in [-0.4, -0.2) is 18.6 Å². The largest absolute Gasteiger partial charge is 0.373 e. The molecule has 0 unspecified atom stereocenters. The monoisotopic (exact) mass is 179 g/mol. The Hall–Kier alpha value is -1.09. The van der Waals surface area contributed by atoms with Gasteiger partial charge in [0, 0.05) is 26.3 Å². The second-order valence-corrected chi connectivity index (χ2v) is 3.09. The predicted molar refractivity (Wildman–Crippen MR) is 55.7 cm³/mol. The Balaban J connectivity index is 2.85. The van der Waals surface area contributed by atoms with Gasteiger partial charge in [-0.2, -0.15) is 0 Å². The fourth-order valence-electron chi connectivity index (χ4n) is 1.39. The molecule has 1 heterocycles. The summed E-state index contributed by atoms with van der Waals surface area (Å²) in [6.07, 6.45) is 2.92. The van der Waals surface area contributed by atoms with E-state index in [1.54, 1.807) is 6.20 Å². The molecule has 0 aliphatic heterocycles. The summed E-state index contributed by atoms with van der Waals surface area (Å²) in [5, 5.41) is 0. The molecule has 0 aliphatic rings. The SMILES string of the molecule is CCCN(C)c1cccnc1CN. The van der Waals surface area contributed by atoms with Gasteiger partial charge in [0.2, 0.25) is 0 Å². The van der Waals surface area contributed by atoms with Gasteiger partial charge in [0.05, 0.1) is 11.4 Å². The van der Waals surface area contributed by atoms with Crippen LogP contribution in [0.15, 0.2) is 18.3 Å². The van der Waals surface area contributed by atoms with Gasteiger partial charge < -0.3 is 10.6 Å². The van der Waals surface area contributed by atoms with Crippen molar-refractivity contribution in [2.45, 2.75) is 19.9 Å². The summed E-state index contributed by atoms with van der Waals surface area (Å²) in [5.41, 5.74) is 7.71. The van der Waals surface area contributed by atoms with Crippen LogP contribution in [0.5, 0.6) is 0 Å². The quantitative estimate of drug-likeness (QED) is 0.759. The van der Waals surface area contributed by atoms with Gasteiger partial charge >= 0.3 is 0 Å². The molecule has 0 spiro atoms. The van der Waals surface area contributed by atoms with E-state index in [1.807, 2.05) is 6.07 Å². The number of aromatic nitrogens is 1. The number of hydrogen-bond donors (Lipinski definition) is 1. The molecule has 0 amide bonds. The highest BCUT2D eigenvalue weighted by molar-refractivity contribution is 5.49. The Morgan fingerprint density at radius 1 is 1.54 bits per heavy atom. The minimum Gasteiger partial charge on any atom is -0.373 e. The first-order chi connectivity index (χ1) is 6.29. The second kappa shape index (κ2) is 4.82. The summed E-state index contributed by atoms with van der Waals surface area (Å²) in [4.78, 5) is 6.42. The van der Waals surface area contributed by atoms with E-state index in [0.717, 1.165) is 24.3 Å². The molecule has 0 aliphatic carbocycles. The van der Waals surface area contributed by atoms with Gasteiger partial charge in [-0.1, -0.05) is 6.92 Å². The number of hydrogen-bond acceptors (Lipinski definition) is 3. The van der Waals surface area contributed by atoms with Crippen LogP contribution in [0.1, 0.15) is 19.0 Å². The number of nitrogens with zero attached hydrogens (tertiary/aromatic N) is 2. The van der Waals surface area contributed by atoms with Gasteiger partial charge in [0.15, 0.2) is 0 Å². The summed E-state index contributed by atoms with van der Waals surface area (Å²) in [6, 6.07) is 4.01. The Labute approximate surface area is 79.6 Å². The minimum absolute atomic E-state index is 0.504. The molecule has 0 radical (unpaired) electrons. The molecule has 3 nitrogen and oxygen atoms in total. The fourth-order valence-corrected chi connectivity index (χ4v) is 1.39. The van der Waals surface area contributed by atoms with Crippen molar-refractivity contribution in [3.05, 3.63) is 24.0 Å². The van der Waals surface area contributed by atoms with Crippen LogP contribution in [-0.2, 0) is 6.54 Å². The number of anilines is 1. The smallest absolute Gasteiger partial charge is 0.0772 e. The molecule has 0 fully saturated rings. The van der Waals surface area contributed by atoms with Crippen LogP contribution < -0.4 is 10.6 Å². The lowest BCUT2D eigenvalue weighted by Gasteiger charge is -2.20. The van der Waals surface area contributed by atoms with E-state index in [2.05, 4.69) is 29.9 Å². The number of pyridine rings is 1. The van der Waals surface area contributed by atoms with E-state index in [4.69, 9.17) is 5.73 Å². The molecule has 0 aromatic carbocycles. The third-order valence-electron chi connectivity index (χ3n) is 2.03. The average molecular weight is 179 g/mol. The van der Waals surface area contributed by atoms with Crippen LogP contribution in [0.4, 0.5) is 5.69 Å². The van der Waals surface area contributed by atoms with Crippen molar-refractivity contribution in [1.29, 1.82) is 0 Å². The molecule has 0 atom stereocenters. The van der Waals surface area contributed by atoms with E-state index in [-0.39, 0.29) is 0 Å². The molecule has 1 aromatic rings. The number of rotatable bonds is 4. The first kappa shape index (κ1) is 9.99. The van der Waals surface area contributed by atoms with Crippen molar-refractivity contribution in [1.82, 2.24) is 4.98 Å². The lowest BCUT2D eigenvalue weighted by atomic mass is 10.2. The zero-order valence-electron chi connectivity index (χ0n) is 8.33. The van der Waals surface area contributed by atoms with Crippen LogP contribution in [0.3, 0.4) is 0 Å². The normalized spacial score (nSPS) is 10.1. The Kier molecular flexibility index (Phi) is 3.71. The molecule has 0 bridgehead atoms. The van der Waals surface area contributed by atoms with Gasteiger partial charge in [0.25, 0.3) is 0 Å². The van der Waals surface area contributed by atoms with Crippen molar-refractivity contribution >= 4 is 5.69 Å². The molecular weight excluding hydrogens is 162 g/mol. The molecule has 0 saturated heterocycles. The van der Waals surface area contributed by atoms with Crippen molar-refractivity contribution in [3.63, 3.8) is 0 Å². The third-order valence-corrected chi connectivity index (χ3v) is 2.03. The molecule has 0 saturated carbocycles. The standard InChI is InChI=1S/C10H17N3/c1-3-7-13(2)10-5-4-6-12-9(10)8-11/h4-6H,3,7-8,11H2,1-2H3. The molecule has 72 valence electrons. The molecule has 1 rings (SSSR count). The average Bonchev–Trinajstić information content (AvgIpc) is 2.18. The maximum atomic E-state index is 5.60. The fraction of sp³-hybridized carbons (Fsp3) is 0.500. The molecule has 1 aromatic heterocycles. The van der Waals surface area contributed by atoms with Crippen LogP contribution in [0, 0.1) is 0 Å². The van der Waals surface area contributed by atoms with Gasteiger partial charge in [-0.15, -0.1) is 0 Å².